The molecule has 5 amide bonds. The molecule has 0 bridgehead atoms. The van der Waals surface area contributed by atoms with Crippen LogP contribution in [0.3, 0.4) is 0 Å². The van der Waals surface area contributed by atoms with Gasteiger partial charge in [-0.3, -0.25) is 38.6 Å². The van der Waals surface area contributed by atoms with E-state index in [2.05, 4.69) is 25.8 Å². The first-order chi connectivity index (χ1) is 22.1. The number of rotatable bonds is 20. The highest BCUT2D eigenvalue weighted by molar-refractivity contribution is 7.46. The molecule has 19 nitrogen and oxygen atoms in total. The molecule has 270 valence electrons. The smallest absolute Gasteiger partial charge is 0.481 e. The van der Waals surface area contributed by atoms with Gasteiger partial charge in [0.25, 0.3) is 0 Å². The minimum absolute atomic E-state index is 0.0624. The predicted octanol–water partition coefficient (Wildman–Crippen LogP) is -2.88. The van der Waals surface area contributed by atoms with Crippen molar-refractivity contribution in [3.8, 4) is 5.75 Å². The maximum atomic E-state index is 13.5. The molecule has 20 heteroatoms. The first-order valence-corrected chi connectivity index (χ1v) is 16.3. The molecule has 0 unspecified atom stereocenters. The number of hydrogen-bond acceptors (Lipinski definition) is 11. The topological polar surface area (TPSA) is 330 Å². The van der Waals surface area contributed by atoms with Gasteiger partial charge < -0.3 is 52.6 Å². The average molecular weight is 705 g/mol. The number of amides is 5. The standard InChI is InChI=1S/C28H45N6O13P/c1-13(2)11-19(24(30)39)32-28(43)23(15(4)36)34-25(40)18(9-10-21(37)38)31-26(41)20(33-27(42)22(29)14(3)35)12-16-5-7-17(8-6-16)47-48(44,45)46/h5-8,13-15,18-20,22-23,35-36H,9-12,29H2,1-4H3,(H2,30,39)(H,31,41)(H,32,43)(H,33,42)(H,34,40)(H,37,38)(H2,44,45,46)/t14-,15-,18+,19+,20+,22+,23+/m1/s1. The molecule has 13 N–H and O–H groups in total. The third-order valence-electron chi connectivity index (χ3n) is 6.75. The normalized spacial score (nSPS) is 15.9. The third kappa shape index (κ3) is 15.2. The summed E-state index contributed by atoms with van der Waals surface area (Å²) in [5, 5.41) is 38.6. The first kappa shape index (κ1) is 41.9. The van der Waals surface area contributed by atoms with Crippen LogP contribution >= 0.6 is 7.82 Å². The SMILES string of the molecule is CC(C)C[C@H](NC(=O)[C@@H](NC(=O)[C@H](CCC(=O)O)NC(=O)[C@H](Cc1ccc(OP(=O)(O)O)cc1)NC(=O)[C@@H](N)[C@@H](C)O)[C@@H](C)O)C(N)=O. The molecule has 0 aliphatic rings. The number of aliphatic hydroxyl groups is 2. The molecule has 0 heterocycles. The number of primary amides is 1. The van der Waals surface area contributed by atoms with Crippen LogP contribution in [0, 0.1) is 5.92 Å². The summed E-state index contributed by atoms with van der Waals surface area (Å²) in [6, 6.07) is -2.39. The molecule has 1 rings (SSSR count). The number of aliphatic carboxylic acids is 1. The molecule has 0 saturated carbocycles. The zero-order chi connectivity index (χ0) is 36.9. The van der Waals surface area contributed by atoms with Crippen molar-refractivity contribution >= 4 is 43.3 Å². The highest BCUT2D eigenvalue weighted by Gasteiger charge is 2.34. The molecular formula is C28H45N6O13P. The van der Waals surface area contributed by atoms with E-state index in [9.17, 15) is 48.7 Å². The first-order valence-electron chi connectivity index (χ1n) is 14.8. The van der Waals surface area contributed by atoms with E-state index in [1.165, 1.54) is 38.1 Å². The molecule has 0 aromatic heterocycles. The van der Waals surface area contributed by atoms with E-state index in [4.69, 9.17) is 21.3 Å². The Hall–Kier alpha value is -4.13. The van der Waals surface area contributed by atoms with E-state index in [1.807, 2.05) is 0 Å². The molecule has 0 fully saturated rings. The van der Waals surface area contributed by atoms with Crippen molar-refractivity contribution in [2.24, 2.45) is 17.4 Å². The number of phosphoric ester groups is 1. The van der Waals surface area contributed by atoms with Crippen LogP contribution in [-0.4, -0.2) is 103 Å². The molecular weight excluding hydrogens is 659 g/mol. The van der Waals surface area contributed by atoms with E-state index in [1.54, 1.807) is 13.8 Å². The monoisotopic (exact) mass is 704 g/mol. The minimum atomic E-state index is -4.86. The molecule has 7 atom stereocenters. The molecule has 1 aromatic rings. The van der Waals surface area contributed by atoms with Crippen LogP contribution < -0.4 is 37.3 Å². The summed E-state index contributed by atoms with van der Waals surface area (Å²) >= 11 is 0. The Labute approximate surface area is 276 Å². The lowest BCUT2D eigenvalue weighted by Gasteiger charge is -2.28. The van der Waals surface area contributed by atoms with Gasteiger partial charge in [0.15, 0.2) is 0 Å². The molecule has 0 saturated heterocycles. The van der Waals surface area contributed by atoms with Crippen LogP contribution in [0.4, 0.5) is 0 Å². The van der Waals surface area contributed by atoms with Gasteiger partial charge in [0.05, 0.1) is 12.2 Å². The van der Waals surface area contributed by atoms with Crippen LogP contribution in [0.25, 0.3) is 0 Å². The van der Waals surface area contributed by atoms with Gasteiger partial charge in [-0.05, 0) is 50.3 Å². The van der Waals surface area contributed by atoms with Gasteiger partial charge >= 0.3 is 13.8 Å². The number of carboxylic acid groups (broad SMARTS) is 1. The minimum Gasteiger partial charge on any atom is -0.481 e. The predicted molar refractivity (Wildman–Crippen MR) is 167 cm³/mol. The number of phosphoric acid groups is 1. The van der Waals surface area contributed by atoms with E-state index in [0.29, 0.717) is 5.56 Å². The fraction of sp³-hybridized carbons (Fsp3) is 0.571. The number of hydrogen-bond donors (Lipinski definition) is 11. The Morgan fingerprint density at radius 1 is 0.792 bits per heavy atom. The summed E-state index contributed by atoms with van der Waals surface area (Å²) in [6.45, 7) is 5.95. The van der Waals surface area contributed by atoms with Crippen molar-refractivity contribution < 1.29 is 63.0 Å². The van der Waals surface area contributed by atoms with E-state index in [-0.39, 0.29) is 24.5 Å². The Kier molecular flexibility index (Phi) is 16.6. The maximum absolute atomic E-state index is 13.5. The van der Waals surface area contributed by atoms with Gasteiger partial charge in [0.1, 0.15) is 36.0 Å². The Balaban J connectivity index is 3.32. The van der Waals surface area contributed by atoms with Crippen molar-refractivity contribution in [1.82, 2.24) is 21.3 Å². The van der Waals surface area contributed by atoms with Crippen LogP contribution in [0.5, 0.6) is 5.75 Å². The number of aliphatic hydroxyl groups excluding tert-OH is 2. The molecule has 48 heavy (non-hydrogen) atoms. The zero-order valence-electron chi connectivity index (χ0n) is 26.9. The number of benzene rings is 1. The van der Waals surface area contributed by atoms with Crippen LogP contribution in [0.2, 0.25) is 0 Å². The quantitative estimate of drug-likeness (QED) is 0.0608. The maximum Gasteiger partial charge on any atom is 0.524 e. The van der Waals surface area contributed by atoms with Crippen LogP contribution in [0.15, 0.2) is 24.3 Å². The molecule has 0 aliphatic heterocycles. The van der Waals surface area contributed by atoms with E-state index >= 15 is 0 Å². The van der Waals surface area contributed by atoms with Crippen molar-refractivity contribution in [2.45, 2.75) is 95.8 Å². The fourth-order valence-electron chi connectivity index (χ4n) is 4.20. The fourth-order valence-corrected chi connectivity index (χ4v) is 4.60. The highest BCUT2D eigenvalue weighted by Crippen LogP contribution is 2.37. The van der Waals surface area contributed by atoms with E-state index in [0.717, 1.165) is 0 Å². The van der Waals surface area contributed by atoms with Crippen LogP contribution in [-0.2, 0) is 39.8 Å². The lowest BCUT2D eigenvalue weighted by atomic mass is 10.0. The lowest BCUT2D eigenvalue weighted by molar-refractivity contribution is -0.139. The molecule has 0 aliphatic carbocycles. The lowest BCUT2D eigenvalue weighted by Crippen LogP contribution is -2.61. The second kappa shape index (κ2) is 19.0. The van der Waals surface area contributed by atoms with Gasteiger partial charge in [-0.15, -0.1) is 0 Å². The third-order valence-corrected chi connectivity index (χ3v) is 7.20. The Morgan fingerprint density at radius 2 is 1.31 bits per heavy atom. The van der Waals surface area contributed by atoms with Crippen molar-refractivity contribution in [2.75, 3.05) is 0 Å². The number of nitrogens with two attached hydrogens (primary N) is 2. The van der Waals surface area contributed by atoms with Crippen molar-refractivity contribution in [3.05, 3.63) is 29.8 Å². The van der Waals surface area contributed by atoms with Gasteiger partial charge in [-0.25, -0.2) is 4.57 Å². The number of carbonyl (C=O) groups excluding carboxylic acids is 5. The largest absolute Gasteiger partial charge is 0.524 e. The summed E-state index contributed by atoms with van der Waals surface area (Å²) in [5.74, 6) is -6.51. The highest BCUT2D eigenvalue weighted by atomic mass is 31.2. The Bertz CT molecular complexity index is 1340. The summed E-state index contributed by atoms with van der Waals surface area (Å²) in [4.78, 5) is 93.7. The Morgan fingerprint density at radius 3 is 1.77 bits per heavy atom. The van der Waals surface area contributed by atoms with Gasteiger partial charge in [0, 0.05) is 12.8 Å². The summed E-state index contributed by atoms with van der Waals surface area (Å²) in [5.41, 5.74) is 11.4. The summed E-state index contributed by atoms with van der Waals surface area (Å²) in [6.07, 6.45) is -4.12. The average Bonchev–Trinajstić information content (AvgIpc) is 2.95. The zero-order valence-corrected chi connectivity index (χ0v) is 27.8. The van der Waals surface area contributed by atoms with Crippen molar-refractivity contribution in [1.29, 1.82) is 0 Å². The molecule has 0 spiro atoms. The molecule has 0 radical (unpaired) electrons. The van der Waals surface area contributed by atoms with Gasteiger partial charge in [-0.2, -0.15) is 0 Å². The van der Waals surface area contributed by atoms with E-state index < -0.39 is 98.6 Å². The van der Waals surface area contributed by atoms with Crippen molar-refractivity contribution in [3.63, 3.8) is 0 Å². The molecule has 1 aromatic carbocycles. The number of carbonyl (C=O) groups is 6. The summed E-state index contributed by atoms with van der Waals surface area (Å²) in [7, 11) is -4.86. The van der Waals surface area contributed by atoms with Crippen LogP contribution in [0.1, 0.15) is 52.5 Å². The second-order valence-corrected chi connectivity index (χ2v) is 12.7. The second-order valence-electron chi connectivity index (χ2n) is 11.6. The summed E-state index contributed by atoms with van der Waals surface area (Å²) < 4.78 is 15.6. The van der Waals surface area contributed by atoms with Gasteiger partial charge in [0.2, 0.25) is 29.5 Å². The number of carboxylic acids is 1. The number of nitrogens with one attached hydrogen (secondary N) is 4. The van der Waals surface area contributed by atoms with Gasteiger partial charge in [-0.1, -0.05) is 26.0 Å².